The number of rotatable bonds is 3. The lowest BCUT2D eigenvalue weighted by Gasteiger charge is -2.32. The Labute approximate surface area is 170 Å². The summed E-state index contributed by atoms with van der Waals surface area (Å²) in [5, 5.41) is 0. The Morgan fingerprint density at radius 3 is 3.03 bits per heavy atom. The molecule has 1 atom stereocenters. The number of carbonyl (C=O) groups is 1. The summed E-state index contributed by atoms with van der Waals surface area (Å²) in [7, 11) is 0. The zero-order valence-corrected chi connectivity index (χ0v) is 16.2. The first kappa shape index (κ1) is 18.0. The van der Waals surface area contributed by atoms with Gasteiger partial charge in [-0.2, -0.15) is 0 Å². The van der Waals surface area contributed by atoms with Crippen molar-refractivity contribution in [1.82, 2.24) is 24.8 Å². The van der Waals surface area contributed by atoms with Crippen LogP contribution in [0.5, 0.6) is 0 Å². The van der Waals surface area contributed by atoms with Gasteiger partial charge in [-0.3, -0.25) is 4.79 Å². The van der Waals surface area contributed by atoms with E-state index >= 15 is 0 Å². The fraction of sp³-hybridized carbons (Fsp3) is 0.222. The first-order valence-corrected chi connectivity index (χ1v) is 9.43. The second-order valence-corrected chi connectivity index (χ2v) is 7.36. The summed E-state index contributed by atoms with van der Waals surface area (Å²) in [6, 6.07) is 4.57. The summed E-state index contributed by atoms with van der Waals surface area (Å²) in [6.07, 6.45) is -0.102. The van der Waals surface area contributed by atoms with Gasteiger partial charge in [0.15, 0.2) is 23.7 Å². The van der Waals surface area contributed by atoms with Gasteiger partial charge in [0.05, 0.1) is 12.0 Å². The maximum atomic E-state index is 13.2. The van der Waals surface area contributed by atoms with Gasteiger partial charge in [0, 0.05) is 23.1 Å². The maximum absolute atomic E-state index is 13.2. The summed E-state index contributed by atoms with van der Waals surface area (Å²) in [6.45, 7) is 0.241. The molecule has 29 heavy (non-hydrogen) atoms. The largest absolute Gasteiger partial charge is 0.438 e. The third-order valence-electron chi connectivity index (χ3n) is 4.78. The fourth-order valence-corrected chi connectivity index (χ4v) is 3.82. The quantitative estimate of drug-likeness (QED) is 0.492. The Bertz CT molecular complexity index is 1220. The van der Waals surface area contributed by atoms with Crippen LogP contribution in [0.4, 0.5) is 8.78 Å². The molecule has 4 aromatic rings. The number of benzene rings is 1. The second kappa shape index (κ2) is 6.76. The summed E-state index contributed by atoms with van der Waals surface area (Å²) >= 11 is 3.38. The monoisotopic (exact) mass is 463 g/mol. The van der Waals surface area contributed by atoms with Crippen LogP contribution in [0, 0.1) is 0 Å². The molecule has 11 heteroatoms. The Morgan fingerprint density at radius 2 is 2.21 bits per heavy atom. The summed E-state index contributed by atoms with van der Waals surface area (Å²) in [5.74, 6) is -0.986. The Morgan fingerprint density at radius 1 is 1.34 bits per heavy atom. The van der Waals surface area contributed by atoms with E-state index in [1.165, 1.54) is 11.2 Å². The highest BCUT2D eigenvalue weighted by atomic mass is 79.9. The minimum absolute atomic E-state index is 0.234. The number of alkyl halides is 2. The van der Waals surface area contributed by atoms with E-state index in [4.69, 9.17) is 8.83 Å². The van der Waals surface area contributed by atoms with Crippen LogP contribution in [0.2, 0.25) is 0 Å². The van der Waals surface area contributed by atoms with Gasteiger partial charge in [-0.15, -0.1) is 0 Å². The highest BCUT2D eigenvalue weighted by molar-refractivity contribution is 9.10. The van der Waals surface area contributed by atoms with Crippen LogP contribution in [-0.2, 0) is 6.42 Å². The van der Waals surface area contributed by atoms with E-state index in [9.17, 15) is 13.6 Å². The average Bonchev–Trinajstić information content (AvgIpc) is 3.43. The van der Waals surface area contributed by atoms with Gasteiger partial charge < -0.3 is 18.7 Å². The van der Waals surface area contributed by atoms with E-state index < -0.39 is 29.8 Å². The van der Waals surface area contributed by atoms with Gasteiger partial charge in [0.2, 0.25) is 11.7 Å². The number of hydrogen-bond acceptors (Lipinski definition) is 6. The first-order valence-electron chi connectivity index (χ1n) is 8.63. The van der Waals surface area contributed by atoms with Crippen molar-refractivity contribution >= 4 is 32.9 Å². The molecule has 1 N–H and O–H groups in total. The molecule has 1 aliphatic rings. The number of oxazole rings is 2. The lowest BCUT2D eigenvalue weighted by Crippen LogP contribution is -2.41. The van der Waals surface area contributed by atoms with Crippen LogP contribution in [0.15, 0.2) is 44.2 Å². The Kier molecular flexibility index (Phi) is 4.19. The zero-order chi connectivity index (χ0) is 20.1. The van der Waals surface area contributed by atoms with Crippen LogP contribution >= 0.6 is 15.9 Å². The van der Waals surface area contributed by atoms with Crippen LogP contribution in [0.25, 0.3) is 11.1 Å². The van der Waals surface area contributed by atoms with E-state index in [1.54, 1.807) is 12.1 Å². The molecule has 0 saturated heterocycles. The van der Waals surface area contributed by atoms with Crippen LogP contribution < -0.4 is 0 Å². The molecule has 0 unspecified atom stereocenters. The van der Waals surface area contributed by atoms with Crippen LogP contribution in [0.3, 0.4) is 0 Å². The molecule has 3 aromatic heterocycles. The van der Waals surface area contributed by atoms with Crippen molar-refractivity contribution in [3.63, 3.8) is 0 Å². The molecule has 1 aliphatic heterocycles. The van der Waals surface area contributed by atoms with E-state index in [-0.39, 0.29) is 12.4 Å². The third kappa shape index (κ3) is 2.92. The number of nitrogens with zero attached hydrogens (tertiary/aromatic N) is 4. The van der Waals surface area contributed by atoms with Gasteiger partial charge >= 0.3 is 0 Å². The number of aromatic nitrogens is 4. The predicted octanol–water partition coefficient (Wildman–Crippen LogP) is 4.03. The number of halogens is 3. The van der Waals surface area contributed by atoms with E-state index in [0.717, 1.165) is 16.6 Å². The lowest BCUT2D eigenvalue weighted by atomic mass is 10.0. The summed E-state index contributed by atoms with van der Waals surface area (Å²) < 4.78 is 38.2. The Hall–Kier alpha value is -3.08. The third-order valence-corrected chi connectivity index (χ3v) is 5.28. The number of nitrogens with one attached hydrogen (secondary N) is 1. The lowest BCUT2D eigenvalue weighted by molar-refractivity contribution is 0.0620. The SMILES string of the molecule is O=C(c1ocnc1C(F)F)N1CCc2[nH]cnc2[C@H]1c1nc2ccc(Br)cc2o1. The number of aromatic amines is 1. The topological polar surface area (TPSA) is 101 Å². The standard InChI is InChI=1S/C18H12BrF2N5O3/c19-8-1-2-9-11(5-8)29-17(25-9)14-12-10(22-6-23-12)3-4-26(14)18(27)15-13(16(20)21)24-7-28-15/h1-2,5-7,14,16H,3-4H2,(H,22,23)/t14-/m0/s1. The number of fused-ring (bicyclic) bond motifs is 2. The maximum Gasteiger partial charge on any atom is 0.292 e. The second-order valence-electron chi connectivity index (χ2n) is 6.45. The highest BCUT2D eigenvalue weighted by Crippen LogP contribution is 2.36. The molecular weight excluding hydrogens is 452 g/mol. The van der Waals surface area contributed by atoms with Crippen LogP contribution in [-0.4, -0.2) is 37.3 Å². The van der Waals surface area contributed by atoms with Gasteiger partial charge in [-0.1, -0.05) is 15.9 Å². The van der Waals surface area contributed by atoms with Gasteiger partial charge in [0.1, 0.15) is 5.52 Å². The Balaban J connectivity index is 1.62. The molecule has 0 bridgehead atoms. The molecule has 148 valence electrons. The molecule has 5 rings (SSSR count). The van der Waals surface area contributed by atoms with E-state index in [1.807, 2.05) is 6.07 Å². The molecule has 8 nitrogen and oxygen atoms in total. The molecule has 0 spiro atoms. The molecule has 0 radical (unpaired) electrons. The normalized spacial score (nSPS) is 16.6. The minimum atomic E-state index is -2.93. The van der Waals surface area contributed by atoms with E-state index in [2.05, 4.69) is 35.9 Å². The van der Waals surface area contributed by atoms with E-state index in [0.29, 0.717) is 23.2 Å². The van der Waals surface area contributed by atoms with Crippen molar-refractivity contribution < 1.29 is 22.4 Å². The molecule has 0 fully saturated rings. The number of carbonyl (C=O) groups excluding carboxylic acids is 1. The number of hydrogen-bond donors (Lipinski definition) is 1. The number of H-pyrrole nitrogens is 1. The molecule has 1 amide bonds. The number of amides is 1. The summed E-state index contributed by atoms with van der Waals surface area (Å²) in [4.78, 5) is 29.8. The van der Waals surface area contributed by atoms with Crippen molar-refractivity contribution in [3.05, 3.63) is 64.1 Å². The summed E-state index contributed by atoms with van der Waals surface area (Å²) in [5.41, 5.74) is 1.81. The van der Waals surface area contributed by atoms with Gasteiger partial charge in [-0.05, 0) is 18.2 Å². The first-order chi connectivity index (χ1) is 14.0. The highest BCUT2D eigenvalue weighted by Gasteiger charge is 2.40. The molecule has 0 saturated carbocycles. The van der Waals surface area contributed by atoms with Gasteiger partial charge in [-0.25, -0.2) is 23.7 Å². The van der Waals surface area contributed by atoms with Crippen molar-refractivity contribution in [1.29, 1.82) is 0 Å². The van der Waals surface area contributed by atoms with Crippen molar-refractivity contribution in [2.45, 2.75) is 18.9 Å². The van der Waals surface area contributed by atoms with Crippen LogP contribution in [0.1, 0.15) is 46.0 Å². The molecule has 4 heterocycles. The van der Waals surface area contributed by atoms with Crippen molar-refractivity contribution in [2.75, 3.05) is 6.54 Å². The predicted molar refractivity (Wildman–Crippen MR) is 98.3 cm³/mol. The molecule has 1 aromatic carbocycles. The smallest absolute Gasteiger partial charge is 0.292 e. The minimum Gasteiger partial charge on any atom is -0.438 e. The molecule has 0 aliphatic carbocycles. The fourth-order valence-electron chi connectivity index (χ4n) is 3.48. The zero-order valence-electron chi connectivity index (χ0n) is 14.6. The average molecular weight is 464 g/mol. The van der Waals surface area contributed by atoms with Gasteiger partial charge in [0.25, 0.3) is 12.3 Å². The number of imidazole rings is 1. The van der Waals surface area contributed by atoms with Crippen molar-refractivity contribution in [2.24, 2.45) is 0 Å². The molecular formula is C18H12BrF2N5O3. The van der Waals surface area contributed by atoms with Crippen molar-refractivity contribution in [3.8, 4) is 0 Å².